The molecule has 118 valence electrons. The third kappa shape index (κ3) is 2.51. The maximum Gasteiger partial charge on any atom is 0.110 e. The van der Waals surface area contributed by atoms with Gasteiger partial charge in [-0.15, -0.1) is 11.8 Å². The molecule has 3 heterocycles. The van der Waals surface area contributed by atoms with Gasteiger partial charge in [0.05, 0.1) is 5.69 Å². The summed E-state index contributed by atoms with van der Waals surface area (Å²) in [6.07, 6.45) is 1.15. The molecule has 5 heteroatoms. The Morgan fingerprint density at radius 2 is 1.91 bits per heavy atom. The summed E-state index contributed by atoms with van der Waals surface area (Å²) >= 11 is 2.02. The lowest BCUT2D eigenvalue weighted by Gasteiger charge is -2.42. The Labute approximate surface area is 137 Å². The fraction of sp³-hybridized carbons (Fsp3) is 0.529. The number of nitrogens with one attached hydrogen (secondary N) is 1. The van der Waals surface area contributed by atoms with Gasteiger partial charge in [-0.2, -0.15) is 0 Å². The fourth-order valence-corrected chi connectivity index (χ4v) is 4.70. The predicted molar refractivity (Wildman–Crippen MR) is 93.5 cm³/mol. The second-order valence-corrected chi connectivity index (χ2v) is 7.89. The lowest BCUT2D eigenvalue weighted by molar-refractivity contribution is 0.152. The number of hydrogen-bond acceptors (Lipinski definition) is 5. The van der Waals surface area contributed by atoms with E-state index in [0.717, 1.165) is 39.1 Å². The average molecular weight is 316 g/mol. The number of hydrazine groups is 1. The Kier molecular flexibility index (Phi) is 3.80. The quantitative estimate of drug-likeness (QED) is 0.857. The Morgan fingerprint density at radius 1 is 1.14 bits per heavy atom. The van der Waals surface area contributed by atoms with Gasteiger partial charge >= 0.3 is 0 Å². The van der Waals surface area contributed by atoms with E-state index in [4.69, 9.17) is 0 Å². The van der Waals surface area contributed by atoms with Crippen LogP contribution in [0.25, 0.3) is 0 Å². The smallest absolute Gasteiger partial charge is 0.110 e. The number of allylic oxidation sites excluding steroid dienone is 1. The van der Waals surface area contributed by atoms with Crippen molar-refractivity contribution < 1.29 is 0 Å². The molecular weight excluding hydrogens is 292 g/mol. The van der Waals surface area contributed by atoms with Crippen LogP contribution in [0.2, 0.25) is 0 Å². The first-order valence-corrected chi connectivity index (χ1v) is 9.05. The summed E-state index contributed by atoms with van der Waals surface area (Å²) in [7, 11) is 2.21. The van der Waals surface area contributed by atoms with Crippen LogP contribution in [0, 0.1) is 0 Å². The number of para-hydroxylation sites is 1. The Bertz CT molecular complexity index is 592. The summed E-state index contributed by atoms with van der Waals surface area (Å²) in [5.41, 5.74) is 4.17. The SMILES string of the molecule is CC1CC2=C(S1)N(N1CCN(C)CC1)c1ccccc1CN2. The van der Waals surface area contributed by atoms with Crippen LogP contribution in [0.5, 0.6) is 0 Å². The van der Waals surface area contributed by atoms with Crippen LogP contribution in [-0.2, 0) is 6.54 Å². The van der Waals surface area contributed by atoms with Crippen LogP contribution in [0.1, 0.15) is 18.9 Å². The lowest BCUT2D eigenvalue weighted by Crippen LogP contribution is -2.52. The molecule has 3 aliphatic rings. The van der Waals surface area contributed by atoms with Gasteiger partial charge in [0.25, 0.3) is 0 Å². The highest BCUT2D eigenvalue weighted by molar-refractivity contribution is 8.04. The molecule has 3 aliphatic heterocycles. The summed E-state index contributed by atoms with van der Waals surface area (Å²) < 4.78 is 0. The molecule has 0 amide bonds. The first-order valence-electron chi connectivity index (χ1n) is 8.17. The molecule has 1 aromatic rings. The van der Waals surface area contributed by atoms with Crippen molar-refractivity contribution in [2.24, 2.45) is 0 Å². The minimum absolute atomic E-state index is 0.665. The van der Waals surface area contributed by atoms with Crippen molar-refractivity contribution in [3.63, 3.8) is 0 Å². The number of hydrogen-bond donors (Lipinski definition) is 1. The van der Waals surface area contributed by atoms with Gasteiger partial charge in [0.1, 0.15) is 5.03 Å². The molecule has 4 rings (SSSR count). The summed E-state index contributed by atoms with van der Waals surface area (Å²) in [5, 5.41) is 10.8. The third-order valence-corrected chi connectivity index (χ3v) is 5.94. The van der Waals surface area contributed by atoms with Crippen molar-refractivity contribution in [1.29, 1.82) is 0 Å². The van der Waals surface area contributed by atoms with E-state index in [1.807, 2.05) is 11.8 Å². The van der Waals surface area contributed by atoms with Crippen molar-refractivity contribution in [1.82, 2.24) is 15.2 Å². The summed E-state index contributed by atoms with van der Waals surface area (Å²) in [6.45, 7) is 7.72. The molecule has 0 saturated carbocycles. The molecule has 22 heavy (non-hydrogen) atoms. The zero-order valence-corrected chi connectivity index (χ0v) is 14.2. The van der Waals surface area contributed by atoms with Gasteiger partial charge in [-0.1, -0.05) is 25.1 Å². The van der Waals surface area contributed by atoms with Gasteiger partial charge in [0, 0.05) is 50.1 Å². The molecule has 1 N–H and O–H groups in total. The van der Waals surface area contributed by atoms with E-state index >= 15 is 0 Å². The van der Waals surface area contributed by atoms with Crippen molar-refractivity contribution in [3.05, 3.63) is 40.6 Å². The molecule has 1 saturated heterocycles. The summed E-state index contributed by atoms with van der Waals surface area (Å²) in [5.74, 6) is 0. The number of fused-ring (bicyclic) bond motifs is 1. The standard InChI is InChI=1S/C17H24N4S/c1-13-11-15-17(22-13)21(20-9-7-19(2)8-10-20)16-6-4-3-5-14(16)12-18-15/h3-6,13,18H,7-12H2,1-2H3. The van der Waals surface area contributed by atoms with E-state index in [1.165, 1.54) is 22.0 Å². The lowest BCUT2D eigenvalue weighted by atomic mass is 10.1. The van der Waals surface area contributed by atoms with Crippen LogP contribution in [-0.4, -0.2) is 48.4 Å². The Morgan fingerprint density at radius 3 is 2.73 bits per heavy atom. The molecule has 0 aliphatic carbocycles. The first-order chi connectivity index (χ1) is 10.7. The maximum atomic E-state index is 3.69. The molecule has 1 atom stereocenters. The fourth-order valence-electron chi connectivity index (χ4n) is 3.46. The molecule has 0 aromatic heterocycles. The second-order valence-electron chi connectivity index (χ2n) is 6.47. The Balaban J connectivity index is 1.74. The number of benzene rings is 1. The topological polar surface area (TPSA) is 21.8 Å². The van der Waals surface area contributed by atoms with E-state index in [9.17, 15) is 0 Å². The van der Waals surface area contributed by atoms with Gasteiger partial charge < -0.3 is 10.2 Å². The third-order valence-electron chi connectivity index (χ3n) is 4.73. The number of thioether (sulfide) groups is 1. The average Bonchev–Trinajstić information content (AvgIpc) is 2.82. The van der Waals surface area contributed by atoms with Crippen LogP contribution < -0.4 is 10.3 Å². The highest BCUT2D eigenvalue weighted by atomic mass is 32.2. The number of nitrogens with zero attached hydrogens (tertiary/aromatic N) is 3. The van der Waals surface area contributed by atoms with Gasteiger partial charge in [-0.25, -0.2) is 5.01 Å². The molecule has 1 unspecified atom stereocenters. The van der Waals surface area contributed by atoms with Gasteiger partial charge in [-0.3, -0.25) is 5.01 Å². The van der Waals surface area contributed by atoms with Crippen LogP contribution in [0.4, 0.5) is 5.69 Å². The van der Waals surface area contributed by atoms with E-state index in [-0.39, 0.29) is 0 Å². The maximum absolute atomic E-state index is 3.69. The van der Waals surface area contributed by atoms with Crippen molar-refractivity contribution in [3.8, 4) is 0 Å². The molecule has 1 fully saturated rings. The van der Waals surface area contributed by atoms with E-state index < -0.39 is 0 Å². The normalized spacial score (nSPS) is 26.5. The minimum Gasteiger partial charge on any atom is -0.382 e. The van der Waals surface area contributed by atoms with Crippen molar-refractivity contribution in [2.45, 2.75) is 25.1 Å². The molecule has 0 bridgehead atoms. The van der Waals surface area contributed by atoms with Gasteiger partial charge in [0.2, 0.25) is 0 Å². The number of piperazine rings is 1. The first kappa shape index (κ1) is 14.4. The minimum atomic E-state index is 0.665. The largest absolute Gasteiger partial charge is 0.382 e. The molecule has 0 radical (unpaired) electrons. The highest BCUT2D eigenvalue weighted by Crippen LogP contribution is 2.43. The van der Waals surface area contributed by atoms with Gasteiger partial charge in [0.15, 0.2) is 0 Å². The molecular formula is C17H24N4S. The number of rotatable bonds is 1. The Hall–Kier alpha value is -1.17. The van der Waals surface area contributed by atoms with Crippen LogP contribution >= 0.6 is 11.8 Å². The van der Waals surface area contributed by atoms with E-state index in [1.54, 1.807) is 0 Å². The van der Waals surface area contributed by atoms with E-state index in [0.29, 0.717) is 5.25 Å². The van der Waals surface area contributed by atoms with Crippen molar-refractivity contribution >= 4 is 17.4 Å². The highest BCUT2D eigenvalue weighted by Gasteiger charge is 2.34. The zero-order valence-electron chi connectivity index (χ0n) is 13.4. The summed E-state index contributed by atoms with van der Waals surface area (Å²) in [4.78, 5) is 2.41. The monoisotopic (exact) mass is 316 g/mol. The van der Waals surface area contributed by atoms with Crippen LogP contribution in [0.3, 0.4) is 0 Å². The number of anilines is 1. The zero-order chi connectivity index (χ0) is 15.1. The molecule has 4 nitrogen and oxygen atoms in total. The molecule has 1 aromatic carbocycles. The second kappa shape index (κ2) is 5.80. The summed E-state index contributed by atoms with van der Waals surface area (Å²) in [6, 6.07) is 8.84. The van der Waals surface area contributed by atoms with Crippen LogP contribution in [0.15, 0.2) is 35.0 Å². The molecule has 0 spiro atoms. The van der Waals surface area contributed by atoms with Crippen molar-refractivity contribution in [2.75, 3.05) is 38.2 Å². The van der Waals surface area contributed by atoms with Gasteiger partial charge in [-0.05, 0) is 18.7 Å². The number of likely N-dealkylation sites (N-methyl/N-ethyl adjacent to an activating group) is 1. The van der Waals surface area contributed by atoms with E-state index in [2.05, 4.69) is 58.5 Å². The predicted octanol–water partition coefficient (Wildman–Crippen LogP) is 2.45.